The summed E-state index contributed by atoms with van der Waals surface area (Å²) in [6, 6.07) is 12.6. The van der Waals surface area contributed by atoms with E-state index in [-0.39, 0.29) is 5.56 Å². The SMILES string of the molecule is C[NH+]1C/C(=C\c2ccc(Cl)cc2Cl)c2nc3ccccc3c(C(=O)[O-])c2C1. The molecule has 4 nitrogen and oxygen atoms in total. The maximum Gasteiger partial charge on any atom is 0.106 e. The molecule has 2 heterocycles. The Morgan fingerprint density at radius 1 is 1.19 bits per heavy atom. The van der Waals surface area contributed by atoms with Crippen LogP contribution in [-0.4, -0.2) is 24.5 Å². The number of rotatable bonds is 2. The maximum absolute atomic E-state index is 11.9. The average molecular weight is 399 g/mol. The Bertz CT molecular complexity index is 1110. The molecule has 0 saturated carbocycles. The number of carboxylic acids is 1. The summed E-state index contributed by atoms with van der Waals surface area (Å²) in [6.07, 6.45) is 1.96. The second-order valence-corrected chi connectivity index (χ2v) is 7.61. The smallest absolute Gasteiger partial charge is 0.106 e. The lowest BCUT2D eigenvalue weighted by atomic mass is 9.92. The number of nitrogens with zero attached hydrogens (tertiary/aromatic N) is 1. The third-order valence-electron chi connectivity index (χ3n) is 4.76. The van der Waals surface area contributed by atoms with E-state index in [2.05, 4.69) is 0 Å². The summed E-state index contributed by atoms with van der Waals surface area (Å²) in [6.45, 7) is 1.28. The molecule has 2 aromatic carbocycles. The molecule has 3 aromatic rings. The fourth-order valence-electron chi connectivity index (χ4n) is 3.62. The third-order valence-corrected chi connectivity index (χ3v) is 5.33. The van der Waals surface area contributed by atoms with Crippen molar-refractivity contribution in [3.05, 3.63) is 74.9 Å². The van der Waals surface area contributed by atoms with Crippen LogP contribution in [0.2, 0.25) is 10.0 Å². The number of quaternary nitrogens is 1. The van der Waals surface area contributed by atoms with Crippen molar-refractivity contribution in [3.8, 4) is 0 Å². The van der Waals surface area contributed by atoms with Gasteiger partial charge in [-0.2, -0.15) is 0 Å². The minimum absolute atomic E-state index is 0.225. The Hall–Kier alpha value is -2.40. The van der Waals surface area contributed by atoms with Crippen LogP contribution < -0.4 is 10.0 Å². The quantitative estimate of drug-likeness (QED) is 0.721. The van der Waals surface area contributed by atoms with Crippen LogP contribution in [0.25, 0.3) is 22.6 Å². The van der Waals surface area contributed by atoms with Gasteiger partial charge in [-0.15, -0.1) is 0 Å². The molecule has 6 heteroatoms. The minimum atomic E-state index is -1.18. The molecule has 0 saturated heterocycles. The number of carbonyl (C=O) groups is 1. The Kier molecular flexibility index (Phi) is 4.64. The first-order valence-electron chi connectivity index (χ1n) is 8.54. The normalized spacial score (nSPS) is 17.9. The van der Waals surface area contributed by atoms with Crippen LogP contribution in [0.4, 0.5) is 0 Å². The van der Waals surface area contributed by atoms with Crippen molar-refractivity contribution >= 4 is 51.7 Å². The number of carboxylic acid groups (broad SMARTS) is 1. The largest absolute Gasteiger partial charge is 0.545 e. The molecule has 1 aromatic heterocycles. The van der Waals surface area contributed by atoms with Gasteiger partial charge >= 0.3 is 0 Å². The van der Waals surface area contributed by atoms with E-state index in [9.17, 15) is 9.90 Å². The van der Waals surface area contributed by atoms with Crippen molar-refractivity contribution in [2.75, 3.05) is 13.6 Å². The van der Waals surface area contributed by atoms with Gasteiger partial charge in [-0.25, -0.2) is 4.98 Å². The predicted molar refractivity (Wildman–Crippen MR) is 106 cm³/mol. The van der Waals surface area contributed by atoms with Crippen LogP contribution in [0.3, 0.4) is 0 Å². The summed E-state index contributed by atoms with van der Waals surface area (Å²) in [7, 11) is 2.02. The zero-order chi connectivity index (χ0) is 19.1. The number of halogens is 2. The van der Waals surface area contributed by atoms with Gasteiger partial charge in [-0.1, -0.05) is 47.5 Å². The molecule has 4 rings (SSSR count). The van der Waals surface area contributed by atoms with Gasteiger partial charge in [0.15, 0.2) is 0 Å². The molecule has 0 amide bonds. The lowest BCUT2D eigenvalue weighted by Crippen LogP contribution is -3.08. The topological polar surface area (TPSA) is 57.5 Å². The van der Waals surface area contributed by atoms with Crippen molar-refractivity contribution in [1.82, 2.24) is 4.98 Å². The van der Waals surface area contributed by atoms with Crippen molar-refractivity contribution in [1.29, 1.82) is 0 Å². The predicted octanol–water partition coefficient (Wildman–Crippen LogP) is 2.47. The number of aromatic nitrogens is 1. The number of para-hydroxylation sites is 1. The van der Waals surface area contributed by atoms with Crippen LogP contribution >= 0.6 is 23.2 Å². The first-order valence-corrected chi connectivity index (χ1v) is 9.30. The summed E-state index contributed by atoms with van der Waals surface area (Å²) in [5.41, 5.74) is 4.03. The van der Waals surface area contributed by atoms with Gasteiger partial charge in [0.05, 0.1) is 24.2 Å². The molecule has 1 atom stereocenters. The van der Waals surface area contributed by atoms with Crippen LogP contribution in [0.5, 0.6) is 0 Å². The standard InChI is InChI=1S/C21H16Cl2N2O2/c1-25-10-13(8-12-6-7-14(22)9-17(12)23)20-16(11-25)19(21(26)27)15-4-2-3-5-18(15)24-20/h2-9H,10-11H2,1H3,(H,26,27)/b13-8+. The van der Waals surface area contributed by atoms with Gasteiger partial charge in [0, 0.05) is 32.1 Å². The monoisotopic (exact) mass is 398 g/mol. The number of hydrogen-bond donors (Lipinski definition) is 1. The first kappa shape index (κ1) is 18.0. The maximum atomic E-state index is 11.9. The number of hydrogen-bond acceptors (Lipinski definition) is 3. The van der Waals surface area contributed by atoms with Crippen molar-refractivity contribution < 1.29 is 14.8 Å². The van der Waals surface area contributed by atoms with E-state index in [4.69, 9.17) is 28.2 Å². The summed E-state index contributed by atoms with van der Waals surface area (Å²) in [5, 5.41) is 13.7. The molecule has 0 radical (unpaired) electrons. The Morgan fingerprint density at radius 2 is 1.96 bits per heavy atom. The number of benzene rings is 2. The fourth-order valence-corrected chi connectivity index (χ4v) is 4.08. The van der Waals surface area contributed by atoms with Gasteiger partial charge in [-0.05, 0) is 29.8 Å². The number of pyridine rings is 1. The second kappa shape index (κ2) is 6.97. The van der Waals surface area contributed by atoms with Crippen LogP contribution in [-0.2, 0) is 6.54 Å². The lowest BCUT2D eigenvalue weighted by Gasteiger charge is -2.27. The molecule has 0 fully saturated rings. The first-order chi connectivity index (χ1) is 12.9. The van der Waals surface area contributed by atoms with Crippen LogP contribution in [0.1, 0.15) is 27.2 Å². The van der Waals surface area contributed by atoms with Crippen molar-refractivity contribution in [2.45, 2.75) is 6.54 Å². The molecule has 27 heavy (non-hydrogen) atoms. The van der Waals surface area contributed by atoms with Gasteiger partial charge in [-0.3, -0.25) is 0 Å². The summed E-state index contributed by atoms with van der Waals surface area (Å²) >= 11 is 12.3. The highest BCUT2D eigenvalue weighted by atomic mass is 35.5. The Balaban J connectivity index is 1.99. The highest BCUT2D eigenvalue weighted by molar-refractivity contribution is 6.35. The molecule has 0 bridgehead atoms. The number of carbonyl (C=O) groups excluding carboxylic acids is 1. The molecule has 1 N–H and O–H groups in total. The van der Waals surface area contributed by atoms with E-state index in [0.717, 1.165) is 11.1 Å². The van der Waals surface area contributed by atoms with Crippen molar-refractivity contribution in [2.24, 2.45) is 0 Å². The molecule has 1 aliphatic rings. The van der Waals surface area contributed by atoms with E-state index in [1.807, 2.05) is 37.4 Å². The average Bonchev–Trinajstić information content (AvgIpc) is 2.62. The van der Waals surface area contributed by atoms with E-state index in [1.54, 1.807) is 18.2 Å². The Morgan fingerprint density at radius 3 is 2.70 bits per heavy atom. The summed E-state index contributed by atoms with van der Waals surface area (Å²) in [4.78, 5) is 17.9. The molecular formula is C21H16Cl2N2O2. The van der Waals surface area contributed by atoms with E-state index in [1.165, 1.54) is 4.90 Å². The summed E-state index contributed by atoms with van der Waals surface area (Å²) < 4.78 is 0. The van der Waals surface area contributed by atoms with Crippen molar-refractivity contribution in [3.63, 3.8) is 0 Å². The van der Waals surface area contributed by atoms with Crippen LogP contribution in [0, 0.1) is 0 Å². The third kappa shape index (κ3) is 3.32. The number of likely N-dealkylation sites (N-methyl/N-ethyl adjacent to an activating group) is 1. The second-order valence-electron chi connectivity index (χ2n) is 6.76. The summed E-state index contributed by atoms with van der Waals surface area (Å²) in [5.74, 6) is -1.18. The number of nitrogens with one attached hydrogen (secondary N) is 1. The van der Waals surface area contributed by atoms with Crippen LogP contribution in [0.15, 0.2) is 42.5 Å². The Labute approximate surface area is 166 Å². The van der Waals surface area contributed by atoms with E-state index in [0.29, 0.717) is 45.3 Å². The molecule has 1 unspecified atom stereocenters. The number of fused-ring (bicyclic) bond motifs is 2. The van der Waals surface area contributed by atoms with Gasteiger partial charge in [0.25, 0.3) is 0 Å². The molecule has 0 spiro atoms. The highest BCUT2D eigenvalue weighted by Gasteiger charge is 2.27. The zero-order valence-electron chi connectivity index (χ0n) is 14.6. The molecular weight excluding hydrogens is 383 g/mol. The van der Waals surface area contributed by atoms with Gasteiger partial charge < -0.3 is 14.8 Å². The van der Waals surface area contributed by atoms with E-state index < -0.39 is 5.97 Å². The number of aromatic carboxylic acids is 1. The lowest BCUT2D eigenvalue weighted by molar-refractivity contribution is -0.887. The fraction of sp³-hybridized carbons (Fsp3) is 0.143. The van der Waals surface area contributed by atoms with Gasteiger partial charge in [0.1, 0.15) is 13.1 Å². The molecule has 136 valence electrons. The minimum Gasteiger partial charge on any atom is -0.545 e. The molecule has 1 aliphatic heterocycles. The molecule has 0 aliphatic carbocycles. The van der Waals surface area contributed by atoms with Gasteiger partial charge in [0.2, 0.25) is 0 Å². The highest BCUT2D eigenvalue weighted by Crippen LogP contribution is 2.31. The van der Waals surface area contributed by atoms with E-state index >= 15 is 0 Å². The zero-order valence-corrected chi connectivity index (χ0v) is 16.1.